The van der Waals surface area contributed by atoms with Crippen LogP contribution in [0.1, 0.15) is 4.88 Å². The molecule has 0 bridgehead atoms. The van der Waals surface area contributed by atoms with Gasteiger partial charge in [-0.25, -0.2) is 8.78 Å². The predicted molar refractivity (Wildman–Crippen MR) is 74.6 cm³/mol. The van der Waals surface area contributed by atoms with Gasteiger partial charge < -0.3 is 9.36 Å². The summed E-state index contributed by atoms with van der Waals surface area (Å²) in [5.41, 5.74) is 1.07. The average Bonchev–Trinajstić information content (AvgIpc) is 2.49. The van der Waals surface area contributed by atoms with Crippen LogP contribution in [0.15, 0.2) is 18.3 Å². The van der Waals surface area contributed by atoms with Crippen molar-refractivity contribution in [1.82, 2.24) is 9.36 Å². The summed E-state index contributed by atoms with van der Waals surface area (Å²) >= 11 is 1.39. The minimum atomic E-state index is -0.963. The van der Waals surface area contributed by atoms with E-state index in [0.29, 0.717) is 21.8 Å². The van der Waals surface area contributed by atoms with Gasteiger partial charge in [0.25, 0.3) is 0 Å². The Labute approximate surface area is 117 Å². The highest BCUT2D eigenvalue weighted by molar-refractivity contribution is 7.05. The average molecular weight is 302 g/mol. The second kappa shape index (κ2) is 4.79. The Morgan fingerprint density at radius 2 is 1.84 bits per heavy atom. The lowest BCUT2D eigenvalue weighted by atomic mass is 10.3. The van der Waals surface area contributed by atoms with E-state index in [1.165, 1.54) is 11.5 Å². The molecule has 2 heterocycles. The van der Waals surface area contributed by atoms with Crippen LogP contribution in [0.3, 0.4) is 0 Å². The summed E-state index contributed by atoms with van der Waals surface area (Å²) in [6.45, 7) is 1.92. The first kappa shape index (κ1) is 13.8. The van der Waals surface area contributed by atoms with Crippen LogP contribution in [-0.2, 0) is 0 Å². The highest BCUT2D eigenvalue weighted by Gasteiger charge is 2.10. The third kappa shape index (κ3) is 2.06. The summed E-state index contributed by atoms with van der Waals surface area (Å²) in [5, 5.41) is 9.46. The normalized spacial score (nSPS) is 10.7. The minimum absolute atomic E-state index is 0. The van der Waals surface area contributed by atoms with Gasteiger partial charge in [-0.2, -0.15) is 0 Å². The van der Waals surface area contributed by atoms with Crippen molar-refractivity contribution < 1.29 is 8.78 Å². The van der Waals surface area contributed by atoms with E-state index in [1.807, 2.05) is 13.0 Å². The van der Waals surface area contributed by atoms with Crippen LogP contribution in [0, 0.1) is 24.0 Å². The molecule has 3 nitrogen and oxygen atoms in total. The van der Waals surface area contributed by atoms with Gasteiger partial charge in [-0.05, 0) is 19.1 Å². The van der Waals surface area contributed by atoms with Crippen molar-refractivity contribution in [3.8, 4) is 0 Å². The van der Waals surface area contributed by atoms with Crippen LogP contribution in [0.5, 0.6) is 0 Å². The lowest BCUT2D eigenvalue weighted by molar-refractivity contribution is 0.509. The fraction of sp³-hybridized carbons (Fsp3) is 0.0833. The first-order valence-electron chi connectivity index (χ1n) is 5.27. The van der Waals surface area contributed by atoms with Gasteiger partial charge in [0, 0.05) is 21.8 Å². The van der Waals surface area contributed by atoms with Crippen molar-refractivity contribution in [3.63, 3.8) is 0 Å². The van der Waals surface area contributed by atoms with Crippen molar-refractivity contribution in [2.24, 2.45) is 0 Å². The van der Waals surface area contributed by atoms with Gasteiger partial charge in [0.1, 0.15) is 0 Å². The van der Waals surface area contributed by atoms with E-state index < -0.39 is 11.6 Å². The maximum absolute atomic E-state index is 13.4. The van der Waals surface area contributed by atoms with Gasteiger partial charge in [-0.3, -0.25) is 5.41 Å². The van der Waals surface area contributed by atoms with Crippen LogP contribution in [0.25, 0.3) is 21.8 Å². The molecule has 3 rings (SSSR count). The molecule has 0 atom stereocenters. The van der Waals surface area contributed by atoms with Gasteiger partial charge in [0.15, 0.2) is 11.6 Å². The van der Waals surface area contributed by atoms with Crippen LogP contribution in [-0.4, -0.2) is 9.36 Å². The summed E-state index contributed by atoms with van der Waals surface area (Å²) in [6, 6.07) is 2.97. The molecule has 3 aromatic rings. The maximum atomic E-state index is 13.4. The summed E-state index contributed by atoms with van der Waals surface area (Å²) in [7, 11) is 0. The maximum Gasteiger partial charge on any atom is 0.174 e. The molecule has 0 unspecified atom stereocenters. The summed E-state index contributed by atoms with van der Waals surface area (Å²) in [5.74, 6) is -1.90. The van der Waals surface area contributed by atoms with E-state index in [-0.39, 0.29) is 17.8 Å². The zero-order chi connectivity index (χ0) is 12.9. The third-order valence-electron chi connectivity index (χ3n) is 2.83. The smallest absolute Gasteiger partial charge is 0.174 e. The molecule has 0 aliphatic heterocycles. The highest BCUT2D eigenvalue weighted by atomic mass is 35.5. The van der Waals surface area contributed by atoms with Crippen molar-refractivity contribution in [2.75, 3.05) is 0 Å². The van der Waals surface area contributed by atoms with E-state index in [9.17, 15) is 8.78 Å². The second-order valence-electron chi connectivity index (χ2n) is 4.04. The Hall–Kier alpha value is -1.66. The molecule has 0 spiro atoms. The topological polar surface area (TPSA) is 55.4 Å². The Balaban J connectivity index is 0.00000133. The monoisotopic (exact) mass is 301 g/mol. The van der Waals surface area contributed by atoms with Crippen molar-refractivity contribution in [1.29, 1.82) is 5.41 Å². The minimum Gasteiger partial charge on any atom is -0.357 e. The Morgan fingerprint density at radius 3 is 2.58 bits per heavy atom. The van der Waals surface area contributed by atoms with E-state index in [4.69, 9.17) is 5.41 Å². The summed E-state index contributed by atoms with van der Waals surface area (Å²) < 4.78 is 29.7. The molecule has 0 fully saturated rings. The Morgan fingerprint density at radius 1 is 1.11 bits per heavy atom. The van der Waals surface area contributed by atoms with E-state index in [1.54, 1.807) is 0 Å². The largest absolute Gasteiger partial charge is 0.357 e. The number of hydrogen-bond donors (Lipinski definition) is 3. The summed E-state index contributed by atoms with van der Waals surface area (Å²) in [4.78, 5) is 3.67. The first-order chi connectivity index (χ1) is 8.58. The second-order valence-corrected chi connectivity index (χ2v) is 5.09. The standard InChI is InChI=1S/C12H9F2N3S.ClH/c1-5-2-6-10(15)12-7(11(6)17-18-5)3-8(13)9(14)4-16-12;/h2-4,15-17H,1H3;1H. The van der Waals surface area contributed by atoms with Crippen LogP contribution >= 0.6 is 23.9 Å². The highest BCUT2D eigenvalue weighted by Crippen LogP contribution is 2.23. The van der Waals surface area contributed by atoms with Gasteiger partial charge in [-0.15, -0.1) is 12.4 Å². The number of halogens is 3. The Bertz CT molecular complexity index is 848. The molecular weight excluding hydrogens is 292 g/mol. The predicted octanol–water partition coefficient (Wildman–Crippen LogP) is 3.76. The third-order valence-corrected chi connectivity index (χ3v) is 3.58. The first-order valence-corrected chi connectivity index (χ1v) is 6.08. The lowest BCUT2D eigenvalue weighted by Gasteiger charge is -1.93. The fourth-order valence-corrected chi connectivity index (χ4v) is 2.64. The number of H-pyrrole nitrogens is 2. The number of fused-ring (bicyclic) bond motifs is 3. The molecule has 0 saturated carbocycles. The van der Waals surface area contributed by atoms with Crippen molar-refractivity contribution >= 4 is 45.7 Å². The summed E-state index contributed by atoms with van der Waals surface area (Å²) in [6.07, 6.45) is 0.935. The SMILES string of the molecule is Cc1cc2c(=N)c3[nH]cc(F)c(F)cc3c2[nH]s1.Cl. The molecule has 0 aliphatic rings. The van der Waals surface area contributed by atoms with Gasteiger partial charge in [0.05, 0.1) is 16.4 Å². The number of hydrogen-bond acceptors (Lipinski definition) is 2. The van der Waals surface area contributed by atoms with Crippen LogP contribution in [0.2, 0.25) is 0 Å². The Kier molecular flexibility index (Phi) is 3.47. The fourth-order valence-electron chi connectivity index (χ4n) is 1.98. The molecule has 7 heteroatoms. The van der Waals surface area contributed by atoms with Crippen LogP contribution in [0.4, 0.5) is 8.78 Å². The number of aromatic nitrogens is 2. The number of aromatic amines is 2. The number of aryl methyl sites for hydroxylation is 1. The van der Waals surface area contributed by atoms with E-state index in [2.05, 4.69) is 9.36 Å². The molecule has 2 aromatic heterocycles. The van der Waals surface area contributed by atoms with Gasteiger partial charge in [0.2, 0.25) is 0 Å². The molecule has 0 radical (unpaired) electrons. The van der Waals surface area contributed by atoms with E-state index >= 15 is 0 Å². The zero-order valence-corrected chi connectivity index (χ0v) is 11.4. The molecule has 100 valence electrons. The van der Waals surface area contributed by atoms with Crippen molar-refractivity contribution in [2.45, 2.75) is 6.92 Å². The van der Waals surface area contributed by atoms with Gasteiger partial charge >= 0.3 is 0 Å². The van der Waals surface area contributed by atoms with Crippen molar-refractivity contribution in [3.05, 3.63) is 40.2 Å². The molecule has 3 N–H and O–H groups in total. The lowest BCUT2D eigenvalue weighted by Crippen LogP contribution is -1.95. The quantitative estimate of drug-likeness (QED) is 0.566. The molecule has 0 aliphatic carbocycles. The molecular formula is C12H10ClF2N3S. The van der Waals surface area contributed by atoms with Gasteiger partial charge in [-0.1, -0.05) is 11.5 Å². The van der Waals surface area contributed by atoms with Crippen LogP contribution < -0.4 is 5.36 Å². The molecule has 0 amide bonds. The number of nitrogens with one attached hydrogen (secondary N) is 3. The van der Waals surface area contributed by atoms with E-state index in [0.717, 1.165) is 17.1 Å². The molecule has 1 aromatic carbocycles. The molecule has 19 heavy (non-hydrogen) atoms. The zero-order valence-electron chi connectivity index (χ0n) is 9.80. The number of rotatable bonds is 0. The molecule has 0 saturated heterocycles.